The Morgan fingerprint density at radius 2 is 1.02 bits per heavy atom. The molecule has 0 heterocycles. The average molecular weight is 629 g/mol. The second kappa shape index (κ2) is 16.5. The SMILES string of the molecule is CC[Si](CC)(CC)[Si](O[C@@H](CC(=O)C[C@@H](O)C(C)(C)C)C1CCCCC1)([Si](CC)(CC)CC)[Si](CC)(CC)CC. The van der Waals surface area contributed by atoms with E-state index in [4.69, 9.17) is 4.43 Å². The lowest BCUT2D eigenvalue weighted by Gasteiger charge is -2.65. The van der Waals surface area contributed by atoms with Gasteiger partial charge >= 0.3 is 0 Å². The fourth-order valence-corrected chi connectivity index (χ4v) is 109. The van der Waals surface area contributed by atoms with E-state index in [0.29, 0.717) is 12.3 Å². The van der Waals surface area contributed by atoms with Crippen LogP contribution in [0.4, 0.5) is 0 Å². The van der Waals surface area contributed by atoms with E-state index in [1.165, 1.54) is 86.5 Å². The highest BCUT2D eigenvalue weighted by Gasteiger charge is 2.72. The number of carbonyl (C=O) groups excluding carboxylic acids is 1. The molecule has 0 saturated heterocycles. The second-order valence-corrected chi connectivity index (χ2v) is 50.6. The van der Waals surface area contributed by atoms with Crippen molar-refractivity contribution in [1.29, 1.82) is 0 Å². The molecule has 0 aromatic heterocycles. The molecule has 1 saturated carbocycles. The Bertz CT molecular complexity index is 657. The zero-order valence-corrected chi connectivity index (χ0v) is 33.3. The number of aliphatic hydroxyl groups is 1. The molecule has 0 unspecified atom stereocenters. The van der Waals surface area contributed by atoms with Gasteiger partial charge in [-0.25, -0.2) is 0 Å². The lowest BCUT2D eigenvalue weighted by atomic mass is 9.81. The third-order valence-electron chi connectivity index (χ3n) is 12.7. The van der Waals surface area contributed by atoms with Crippen molar-refractivity contribution < 1.29 is 14.3 Å². The minimum Gasteiger partial charge on any atom is -0.422 e. The van der Waals surface area contributed by atoms with Gasteiger partial charge < -0.3 is 9.53 Å². The minimum atomic E-state index is -2.22. The van der Waals surface area contributed by atoms with Crippen molar-refractivity contribution in [3.05, 3.63) is 0 Å². The molecule has 0 aromatic carbocycles. The Labute approximate surface area is 254 Å². The van der Waals surface area contributed by atoms with Crippen molar-refractivity contribution >= 4 is 35.4 Å². The lowest BCUT2D eigenvalue weighted by Crippen LogP contribution is -2.90. The maximum absolute atomic E-state index is 13.8. The van der Waals surface area contributed by atoms with Crippen LogP contribution in [0.2, 0.25) is 54.4 Å². The molecule has 7 heteroatoms. The van der Waals surface area contributed by atoms with E-state index in [9.17, 15) is 9.90 Å². The van der Waals surface area contributed by atoms with Crippen LogP contribution in [0.5, 0.6) is 0 Å². The van der Waals surface area contributed by atoms with Gasteiger partial charge in [0.25, 0.3) is 0 Å². The van der Waals surface area contributed by atoms with E-state index < -0.39 is 35.7 Å². The molecule has 3 nitrogen and oxygen atoms in total. The summed E-state index contributed by atoms with van der Waals surface area (Å²) in [6.45, 7) is 26.8. The van der Waals surface area contributed by atoms with Gasteiger partial charge in [0.15, 0.2) is 6.87 Å². The number of hydrogen-bond acceptors (Lipinski definition) is 3. The average Bonchev–Trinajstić information content (AvgIpc) is 2.96. The Hall–Kier alpha value is 0.458. The van der Waals surface area contributed by atoms with E-state index in [1.807, 2.05) is 0 Å². The van der Waals surface area contributed by atoms with E-state index in [0.717, 1.165) is 0 Å². The molecular weight excluding hydrogens is 557 g/mol. The van der Waals surface area contributed by atoms with E-state index in [2.05, 4.69) is 83.1 Å². The smallest absolute Gasteiger partial charge is 0.160 e. The highest BCUT2D eigenvalue weighted by atomic mass is 29.9. The minimum absolute atomic E-state index is 0.0798. The first-order chi connectivity index (χ1) is 18.8. The predicted molar refractivity (Wildman–Crippen MR) is 188 cm³/mol. The Kier molecular flexibility index (Phi) is 15.9. The maximum atomic E-state index is 13.8. The summed E-state index contributed by atoms with van der Waals surface area (Å²) in [6, 6.07) is 12.3. The fraction of sp³-hybridized carbons (Fsp3) is 0.970. The molecule has 1 aliphatic carbocycles. The predicted octanol–water partition coefficient (Wildman–Crippen LogP) is 10.4. The molecule has 0 bridgehead atoms. The van der Waals surface area contributed by atoms with Gasteiger partial charge in [-0.2, -0.15) is 0 Å². The molecule has 2 atom stereocenters. The zero-order chi connectivity index (χ0) is 30.8. The van der Waals surface area contributed by atoms with Crippen LogP contribution in [0.15, 0.2) is 0 Å². The number of rotatable bonds is 19. The van der Waals surface area contributed by atoms with Gasteiger partial charge in [-0.3, -0.25) is 4.79 Å². The van der Waals surface area contributed by atoms with Crippen molar-refractivity contribution in [2.24, 2.45) is 11.3 Å². The Morgan fingerprint density at radius 3 is 1.32 bits per heavy atom. The second-order valence-electron chi connectivity index (χ2n) is 14.6. The van der Waals surface area contributed by atoms with Gasteiger partial charge in [-0.15, -0.1) is 0 Å². The number of ketones is 1. The highest BCUT2D eigenvalue weighted by molar-refractivity contribution is 7.88. The lowest BCUT2D eigenvalue weighted by molar-refractivity contribution is -0.125. The Morgan fingerprint density at radius 1 is 0.675 bits per heavy atom. The molecule has 40 heavy (non-hydrogen) atoms. The highest BCUT2D eigenvalue weighted by Crippen LogP contribution is 2.52. The molecule has 1 N–H and O–H groups in total. The molecule has 0 spiro atoms. The molecule has 0 aromatic rings. The number of aliphatic hydroxyl groups excluding tert-OH is 1. The van der Waals surface area contributed by atoms with Crippen molar-refractivity contribution in [1.82, 2.24) is 0 Å². The summed E-state index contributed by atoms with van der Waals surface area (Å²) >= 11 is 0. The van der Waals surface area contributed by atoms with Crippen LogP contribution in [0, 0.1) is 11.3 Å². The molecule has 0 amide bonds. The summed E-state index contributed by atoms with van der Waals surface area (Å²) in [6.07, 6.45) is 6.65. The van der Waals surface area contributed by atoms with Crippen molar-refractivity contribution in [2.75, 3.05) is 0 Å². The first-order valence-corrected chi connectivity index (χ1v) is 30.4. The van der Waals surface area contributed by atoms with Gasteiger partial charge in [-0.05, 0) is 24.2 Å². The third-order valence-corrected chi connectivity index (χ3v) is 82.7. The summed E-state index contributed by atoms with van der Waals surface area (Å²) in [5, 5.41) is 10.9. The van der Waals surface area contributed by atoms with Crippen molar-refractivity contribution in [3.8, 4) is 0 Å². The van der Waals surface area contributed by atoms with Crippen LogP contribution in [-0.2, 0) is 9.22 Å². The first-order valence-electron chi connectivity index (χ1n) is 17.7. The summed E-state index contributed by atoms with van der Waals surface area (Å²) in [4.78, 5) is 13.8. The van der Waals surface area contributed by atoms with Gasteiger partial charge in [0.2, 0.25) is 0 Å². The summed E-state index contributed by atoms with van der Waals surface area (Å²) in [5.41, 5.74) is -0.270. The molecule has 1 rings (SSSR count). The topological polar surface area (TPSA) is 46.5 Å². The molecular formula is C33H72O3Si4. The molecule has 0 aliphatic heterocycles. The van der Waals surface area contributed by atoms with Gasteiger partial charge in [-0.1, -0.05) is 157 Å². The maximum Gasteiger partial charge on any atom is 0.160 e. The van der Waals surface area contributed by atoms with Crippen LogP contribution in [0.1, 0.15) is 128 Å². The van der Waals surface area contributed by atoms with Gasteiger partial charge in [0.1, 0.15) is 5.78 Å². The standard InChI is InChI=1S/C33H72O3Si4/c1-13-37(14-2,15-3)40(38(16-4,17-5)18-6,39(19-7,20-8)21-9)36-31(29-25-23-22-24-26-29)27-30(34)28-32(35)33(10,11)12/h29,31-32,35H,13-28H2,1-12H3/t31-,32+/m0/s1. The van der Waals surface area contributed by atoms with Crippen molar-refractivity contribution in [2.45, 2.75) is 195 Å². The summed E-state index contributed by atoms with van der Waals surface area (Å²) in [5.74, 6) is 0.759. The third kappa shape index (κ3) is 7.39. The molecule has 0 radical (unpaired) electrons. The van der Waals surface area contributed by atoms with Crippen LogP contribution < -0.4 is 0 Å². The van der Waals surface area contributed by atoms with Crippen LogP contribution >= 0.6 is 0 Å². The van der Waals surface area contributed by atoms with Crippen LogP contribution in [0.3, 0.4) is 0 Å². The first kappa shape index (κ1) is 38.5. The monoisotopic (exact) mass is 628 g/mol. The molecule has 1 fully saturated rings. The van der Waals surface area contributed by atoms with E-state index >= 15 is 0 Å². The summed E-state index contributed by atoms with van der Waals surface area (Å²) < 4.78 is 8.45. The largest absolute Gasteiger partial charge is 0.422 e. The van der Waals surface area contributed by atoms with Crippen LogP contribution in [-0.4, -0.2) is 52.7 Å². The van der Waals surface area contributed by atoms with Gasteiger partial charge in [0, 0.05) is 12.8 Å². The van der Waals surface area contributed by atoms with E-state index in [-0.39, 0.29) is 23.7 Å². The summed E-state index contributed by atoms with van der Waals surface area (Å²) in [7, 11) is -5.26. The Balaban J connectivity index is 4.03. The van der Waals surface area contributed by atoms with Gasteiger partial charge in [0.05, 0.1) is 35.0 Å². The number of carbonyl (C=O) groups is 1. The van der Waals surface area contributed by atoms with E-state index in [1.54, 1.807) is 0 Å². The number of hydrogen-bond donors (Lipinski definition) is 1. The zero-order valence-electron chi connectivity index (χ0n) is 29.3. The quantitative estimate of drug-likeness (QED) is 0.145. The number of Topliss-reactive ketones (excluding diaryl/α,β-unsaturated/α-hetero) is 1. The van der Waals surface area contributed by atoms with Crippen molar-refractivity contribution in [3.63, 3.8) is 0 Å². The molecule has 1 aliphatic rings. The van der Waals surface area contributed by atoms with Crippen LogP contribution in [0.25, 0.3) is 0 Å². The fourth-order valence-electron chi connectivity index (χ4n) is 9.42. The normalized spacial score (nSPS) is 18.1. The molecule has 238 valence electrons.